The second-order valence-electron chi connectivity index (χ2n) is 3.81. The number of hydrogen-bond donors (Lipinski definition) is 3. The molecular weight excluding hydrogens is 214 g/mol. The van der Waals surface area contributed by atoms with Gasteiger partial charge in [-0.25, -0.2) is 0 Å². The van der Waals surface area contributed by atoms with Crippen LogP contribution < -0.4 is 11.1 Å². The van der Waals surface area contributed by atoms with Gasteiger partial charge in [-0.05, 0) is 11.5 Å². The molecule has 2 rings (SSSR count). The number of nitrogens with one attached hydrogen (secondary N) is 1. The van der Waals surface area contributed by atoms with Crippen molar-refractivity contribution >= 4 is 22.4 Å². The third-order valence-corrected chi connectivity index (χ3v) is 3.30. The zero-order valence-electron chi connectivity index (χ0n) is 8.40. The van der Waals surface area contributed by atoms with E-state index in [-0.39, 0.29) is 0 Å². The standard InChI is InChI=1S/C9H15N3O2S/c10-7-5-8(15-12-7)11-6-9(13)1-3-14-4-2-9/h5,11,13H,1-4,6H2,(H2,10,12). The Balaban J connectivity index is 1.86. The minimum absolute atomic E-state index is 0.515. The van der Waals surface area contributed by atoms with Crippen LogP contribution in [0, 0.1) is 0 Å². The predicted molar refractivity (Wildman–Crippen MR) is 60.0 cm³/mol. The molecule has 1 aromatic rings. The molecule has 1 fully saturated rings. The first-order valence-corrected chi connectivity index (χ1v) is 5.71. The molecule has 1 saturated heterocycles. The van der Waals surface area contributed by atoms with Gasteiger partial charge in [-0.15, -0.1) is 0 Å². The molecule has 0 unspecified atom stereocenters. The molecule has 0 saturated carbocycles. The van der Waals surface area contributed by atoms with E-state index in [1.165, 1.54) is 11.5 Å². The summed E-state index contributed by atoms with van der Waals surface area (Å²) in [4.78, 5) is 0. The van der Waals surface area contributed by atoms with Gasteiger partial charge in [0.25, 0.3) is 0 Å². The van der Waals surface area contributed by atoms with Crippen LogP contribution in [-0.2, 0) is 4.74 Å². The Morgan fingerprint density at radius 3 is 2.93 bits per heavy atom. The lowest BCUT2D eigenvalue weighted by atomic mass is 9.94. The van der Waals surface area contributed by atoms with Gasteiger partial charge in [-0.3, -0.25) is 0 Å². The van der Waals surface area contributed by atoms with Crippen molar-refractivity contribution in [3.05, 3.63) is 6.07 Å². The Hall–Kier alpha value is -0.850. The van der Waals surface area contributed by atoms with Gasteiger partial charge in [-0.2, -0.15) is 4.37 Å². The molecule has 84 valence electrons. The fraction of sp³-hybridized carbons (Fsp3) is 0.667. The molecule has 15 heavy (non-hydrogen) atoms. The van der Waals surface area contributed by atoms with E-state index in [4.69, 9.17) is 10.5 Å². The van der Waals surface area contributed by atoms with Gasteiger partial charge in [0.15, 0.2) is 0 Å². The molecule has 0 aliphatic carbocycles. The molecule has 5 nitrogen and oxygen atoms in total. The molecule has 2 heterocycles. The first-order valence-electron chi connectivity index (χ1n) is 4.94. The summed E-state index contributed by atoms with van der Waals surface area (Å²) in [5.41, 5.74) is 4.84. The van der Waals surface area contributed by atoms with Crippen molar-refractivity contribution in [1.29, 1.82) is 0 Å². The number of aliphatic hydroxyl groups is 1. The number of aromatic nitrogens is 1. The van der Waals surface area contributed by atoms with Crippen molar-refractivity contribution in [2.75, 3.05) is 30.8 Å². The summed E-state index contributed by atoms with van der Waals surface area (Å²) in [6.07, 6.45) is 1.35. The number of rotatable bonds is 3. The van der Waals surface area contributed by atoms with Gasteiger partial charge in [0.2, 0.25) is 0 Å². The minimum atomic E-state index is -0.656. The Morgan fingerprint density at radius 2 is 2.33 bits per heavy atom. The van der Waals surface area contributed by atoms with Crippen LogP contribution in [0.4, 0.5) is 10.8 Å². The van der Waals surface area contributed by atoms with Crippen molar-refractivity contribution in [3.63, 3.8) is 0 Å². The number of nitrogen functional groups attached to an aromatic ring is 1. The minimum Gasteiger partial charge on any atom is -0.388 e. The summed E-state index contributed by atoms with van der Waals surface area (Å²) in [6.45, 7) is 1.78. The molecule has 0 radical (unpaired) electrons. The number of anilines is 2. The third-order valence-electron chi connectivity index (χ3n) is 2.54. The van der Waals surface area contributed by atoms with E-state index in [0.717, 1.165) is 5.00 Å². The Bertz CT molecular complexity index is 323. The van der Waals surface area contributed by atoms with Crippen LogP contribution in [0.25, 0.3) is 0 Å². The summed E-state index contributed by atoms with van der Waals surface area (Å²) in [7, 11) is 0. The largest absolute Gasteiger partial charge is 0.388 e. The second kappa shape index (κ2) is 4.34. The van der Waals surface area contributed by atoms with Crippen molar-refractivity contribution in [2.45, 2.75) is 18.4 Å². The molecule has 0 bridgehead atoms. The van der Waals surface area contributed by atoms with Gasteiger partial charge in [0, 0.05) is 38.7 Å². The predicted octanol–water partition coefficient (Wildman–Crippen LogP) is 0.679. The summed E-state index contributed by atoms with van der Waals surface area (Å²) in [5.74, 6) is 0.515. The molecule has 4 N–H and O–H groups in total. The maximum absolute atomic E-state index is 10.1. The third kappa shape index (κ3) is 2.80. The van der Waals surface area contributed by atoms with Crippen molar-refractivity contribution in [2.24, 2.45) is 0 Å². The number of ether oxygens (including phenoxy) is 1. The lowest BCUT2D eigenvalue weighted by molar-refractivity contribution is -0.0543. The van der Waals surface area contributed by atoms with Gasteiger partial charge >= 0.3 is 0 Å². The first kappa shape index (κ1) is 10.7. The zero-order valence-corrected chi connectivity index (χ0v) is 9.22. The summed E-state index contributed by atoms with van der Waals surface area (Å²) >= 11 is 1.31. The van der Waals surface area contributed by atoms with Crippen LogP contribution in [-0.4, -0.2) is 34.8 Å². The van der Waals surface area contributed by atoms with Gasteiger partial charge in [0.05, 0.1) is 5.60 Å². The van der Waals surface area contributed by atoms with E-state index in [2.05, 4.69) is 9.69 Å². The highest BCUT2D eigenvalue weighted by atomic mass is 32.1. The van der Waals surface area contributed by atoms with Gasteiger partial charge < -0.3 is 20.9 Å². The van der Waals surface area contributed by atoms with Crippen LogP contribution in [0.2, 0.25) is 0 Å². The molecule has 0 aromatic carbocycles. The maximum atomic E-state index is 10.1. The van der Waals surface area contributed by atoms with Crippen molar-refractivity contribution in [3.8, 4) is 0 Å². The summed E-state index contributed by atoms with van der Waals surface area (Å²) in [5, 5.41) is 14.2. The number of hydrogen-bond acceptors (Lipinski definition) is 6. The number of nitrogens with two attached hydrogens (primary N) is 1. The highest BCUT2D eigenvalue weighted by molar-refractivity contribution is 7.10. The topological polar surface area (TPSA) is 80.4 Å². The molecule has 0 spiro atoms. The summed E-state index contributed by atoms with van der Waals surface area (Å²) in [6, 6.07) is 1.77. The van der Waals surface area contributed by atoms with Crippen LogP contribution in [0.1, 0.15) is 12.8 Å². The Morgan fingerprint density at radius 1 is 1.60 bits per heavy atom. The fourth-order valence-electron chi connectivity index (χ4n) is 1.55. The van der Waals surface area contributed by atoms with Gasteiger partial charge in [-0.1, -0.05) is 0 Å². The normalized spacial score (nSPS) is 20.1. The number of nitrogens with zero attached hydrogens (tertiary/aromatic N) is 1. The monoisotopic (exact) mass is 229 g/mol. The fourth-order valence-corrected chi connectivity index (χ4v) is 2.12. The molecule has 6 heteroatoms. The van der Waals surface area contributed by atoms with E-state index in [0.29, 0.717) is 38.4 Å². The highest BCUT2D eigenvalue weighted by Crippen LogP contribution is 2.23. The van der Waals surface area contributed by atoms with Crippen LogP contribution in [0.3, 0.4) is 0 Å². The molecule has 1 aliphatic rings. The zero-order chi connectivity index (χ0) is 10.7. The lowest BCUT2D eigenvalue weighted by Gasteiger charge is -2.32. The van der Waals surface area contributed by atoms with Crippen LogP contribution in [0.15, 0.2) is 6.07 Å². The van der Waals surface area contributed by atoms with Gasteiger partial charge in [0.1, 0.15) is 10.8 Å². The Kier molecular flexibility index (Phi) is 3.08. The first-order chi connectivity index (χ1) is 7.18. The molecular formula is C9H15N3O2S. The average Bonchev–Trinajstić information content (AvgIpc) is 2.63. The van der Waals surface area contributed by atoms with E-state index < -0.39 is 5.60 Å². The second-order valence-corrected chi connectivity index (χ2v) is 4.61. The maximum Gasteiger partial charge on any atom is 0.139 e. The molecule has 1 aliphatic heterocycles. The average molecular weight is 229 g/mol. The molecule has 0 amide bonds. The van der Waals surface area contributed by atoms with E-state index in [1.54, 1.807) is 6.07 Å². The SMILES string of the molecule is Nc1cc(NCC2(O)CCOCC2)sn1. The van der Waals surface area contributed by atoms with E-state index in [9.17, 15) is 5.11 Å². The van der Waals surface area contributed by atoms with Crippen molar-refractivity contribution in [1.82, 2.24) is 4.37 Å². The van der Waals surface area contributed by atoms with Crippen molar-refractivity contribution < 1.29 is 9.84 Å². The highest BCUT2D eigenvalue weighted by Gasteiger charge is 2.29. The Labute approximate surface area is 92.4 Å². The van der Waals surface area contributed by atoms with Crippen LogP contribution in [0.5, 0.6) is 0 Å². The van der Waals surface area contributed by atoms with E-state index in [1.807, 2.05) is 0 Å². The van der Waals surface area contributed by atoms with E-state index >= 15 is 0 Å². The summed E-state index contributed by atoms with van der Waals surface area (Å²) < 4.78 is 9.16. The lowest BCUT2D eigenvalue weighted by Crippen LogP contribution is -2.42. The molecule has 0 atom stereocenters. The molecule has 1 aromatic heterocycles. The smallest absolute Gasteiger partial charge is 0.139 e. The van der Waals surface area contributed by atoms with Crippen LogP contribution >= 0.6 is 11.5 Å². The quantitative estimate of drug-likeness (QED) is 0.710.